The van der Waals surface area contributed by atoms with Crippen molar-refractivity contribution < 1.29 is 19.7 Å². The Labute approximate surface area is 132 Å². The summed E-state index contributed by atoms with van der Waals surface area (Å²) >= 11 is 0. The molecule has 0 unspecified atom stereocenters. The Morgan fingerprint density at radius 3 is 2.75 bits per heavy atom. The number of carbonyl (C=O) groups excluding carboxylic acids is 1. The van der Waals surface area contributed by atoms with Gasteiger partial charge in [0, 0.05) is 22.8 Å². The molecule has 13 heteroatoms. The van der Waals surface area contributed by atoms with Gasteiger partial charge in [0.05, 0.1) is 11.1 Å². The van der Waals surface area contributed by atoms with E-state index in [1.54, 1.807) is 0 Å². The number of rotatable bonds is 6. The van der Waals surface area contributed by atoms with E-state index in [-0.39, 0.29) is 23.5 Å². The van der Waals surface area contributed by atoms with Gasteiger partial charge in [0.25, 0.3) is 11.6 Å². The first kappa shape index (κ1) is 16.5. The van der Waals surface area contributed by atoms with Crippen molar-refractivity contribution in [1.82, 2.24) is 20.2 Å². The first-order valence-electron chi connectivity index (χ1n) is 6.20. The highest BCUT2D eigenvalue weighted by Gasteiger charge is 2.15. The second-order valence-electron chi connectivity index (χ2n) is 4.29. The van der Waals surface area contributed by atoms with E-state index in [2.05, 4.69) is 20.6 Å². The summed E-state index contributed by atoms with van der Waals surface area (Å²) in [6, 6.07) is 3.31. The molecule has 2 N–H and O–H groups in total. The molecule has 0 aliphatic rings. The number of benzene rings is 1. The van der Waals surface area contributed by atoms with Crippen LogP contribution in [-0.2, 0) is 11.3 Å². The van der Waals surface area contributed by atoms with Gasteiger partial charge in [-0.3, -0.25) is 14.9 Å². The number of nitrogens with one attached hydrogen (secondary N) is 1. The fourth-order valence-electron chi connectivity index (χ4n) is 1.56. The number of hydrazone groups is 1. The average molecular weight is 335 g/mol. The number of nitrogens with zero attached hydrogens (tertiary/aromatic N) is 6. The first-order valence-corrected chi connectivity index (χ1v) is 6.20. The lowest BCUT2D eigenvalue weighted by Gasteiger charge is -1.99. The Hall–Kier alpha value is -3.90. The monoisotopic (exact) mass is 335 g/mol. The summed E-state index contributed by atoms with van der Waals surface area (Å²) in [7, 11) is 0. The van der Waals surface area contributed by atoms with Crippen molar-refractivity contribution in [2.75, 3.05) is 0 Å². The van der Waals surface area contributed by atoms with Gasteiger partial charge in [-0.1, -0.05) is 4.98 Å². The minimum absolute atomic E-state index is 0.0286. The molecule has 2 aromatic rings. The zero-order valence-corrected chi connectivity index (χ0v) is 11.8. The Kier molecular flexibility index (Phi) is 4.74. The molecule has 13 nitrogen and oxygen atoms in total. The van der Waals surface area contributed by atoms with Crippen molar-refractivity contribution >= 4 is 23.8 Å². The van der Waals surface area contributed by atoms with Crippen molar-refractivity contribution in [3.05, 3.63) is 50.3 Å². The number of hydrogen-bond acceptors (Lipinski definition) is 9. The van der Waals surface area contributed by atoms with Crippen LogP contribution in [0.3, 0.4) is 0 Å². The molecule has 1 heterocycles. The molecule has 0 bridgehead atoms. The van der Waals surface area contributed by atoms with Crippen LogP contribution in [0.2, 0.25) is 0 Å². The molecule has 0 saturated carbocycles. The number of phenols is 1. The topological polar surface area (TPSA) is 179 Å². The molecule has 0 saturated heterocycles. The molecule has 0 spiro atoms. The number of non-ortho nitro benzene ring substituents is 1. The van der Waals surface area contributed by atoms with Gasteiger partial charge in [0.15, 0.2) is 0 Å². The molecular weight excluding hydrogens is 326 g/mol. The molecule has 0 radical (unpaired) electrons. The molecule has 0 aliphatic heterocycles. The van der Waals surface area contributed by atoms with Crippen molar-refractivity contribution in [2.24, 2.45) is 5.10 Å². The van der Waals surface area contributed by atoms with E-state index in [0.29, 0.717) is 0 Å². The van der Waals surface area contributed by atoms with Crippen LogP contribution in [0.25, 0.3) is 0 Å². The van der Waals surface area contributed by atoms with E-state index < -0.39 is 21.7 Å². The van der Waals surface area contributed by atoms with Gasteiger partial charge >= 0.3 is 5.95 Å². The Morgan fingerprint density at radius 2 is 2.12 bits per heavy atom. The van der Waals surface area contributed by atoms with Crippen LogP contribution < -0.4 is 5.43 Å². The SMILES string of the molecule is O=C(Cn1cnc([N+](=O)[O-])n1)NN=Cc1cc([N+](=O)[O-])ccc1O. The summed E-state index contributed by atoms with van der Waals surface area (Å²) in [5.41, 5.74) is 1.86. The van der Waals surface area contributed by atoms with Crippen LogP contribution in [0.1, 0.15) is 5.56 Å². The molecule has 1 aromatic carbocycles. The van der Waals surface area contributed by atoms with Gasteiger partial charge in [-0.2, -0.15) is 9.78 Å². The lowest BCUT2D eigenvalue weighted by molar-refractivity contribution is -0.394. The van der Waals surface area contributed by atoms with E-state index >= 15 is 0 Å². The van der Waals surface area contributed by atoms with Crippen LogP contribution in [0, 0.1) is 20.2 Å². The molecule has 1 aromatic heterocycles. The molecule has 0 fully saturated rings. The Balaban J connectivity index is 1.98. The quantitative estimate of drug-likeness (QED) is 0.419. The van der Waals surface area contributed by atoms with E-state index in [1.807, 2.05) is 0 Å². The van der Waals surface area contributed by atoms with E-state index in [4.69, 9.17) is 0 Å². The second-order valence-corrected chi connectivity index (χ2v) is 4.29. The summed E-state index contributed by atoms with van der Waals surface area (Å²) < 4.78 is 0.938. The number of aromatic hydroxyl groups is 1. The molecule has 124 valence electrons. The maximum Gasteiger partial charge on any atom is 0.490 e. The van der Waals surface area contributed by atoms with E-state index in [0.717, 1.165) is 35.4 Å². The van der Waals surface area contributed by atoms with Gasteiger partial charge in [0.2, 0.25) is 6.33 Å². The van der Waals surface area contributed by atoms with Crippen LogP contribution in [0.5, 0.6) is 5.75 Å². The number of carbonyl (C=O) groups is 1. The number of hydrogen-bond donors (Lipinski definition) is 2. The maximum absolute atomic E-state index is 11.6. The molecular formula is C11H9N7O6. The first-order chi connectivity index (χ1) is 11.4. The smallest absolute Gasteiger partial charge is 0.490 e. The van der Waals surface area contributed by atoms with Crippen molar-refractivity contribution in [2.45, 2.75) is 6.54 Å². The third-order valence-corrected chi connectivity index (χ3v) is 2.61. The molecule has 2 rings (SSSR count). The maximum atomic E-state index is 11.6. The normalized spacial score (nSPS) is 10.7. The predicted octanol–water partition coefficient (Wildman–Crippen LogP) is -0.0496. The Morgan fingerprint density at radius 1 is 1.38 bits per heavy atom. The molecule has 1 amide bonds. The fourth-order valence-corrected chi connectivity index (χ4v) is 1.56. The van der Waals surface area contributed by atoms with Gasteiger partial charge in [-0.25, -0.2) is 5.43 Å². The zero-order chi connectivity index (χ0) is 17.7. The molecule has 0 atom stereocenters. The van der Waals surface area contributed by atoms with Gasteiger partial charge in [0.1, 0.15) is 12.3 Å². The largest absolute Gasteiger partial charge is 0.507 e. The standard InChI is InChI=1S/C11H9N7O6/c19-9-2-1-8(17(21)22)3-7(9)4-13-14-10(20)5-16-6-12-11(15-16)18(23)24/h1-4,6,19H,5H2,(H,14,20). The van der Waals surface area contributed by atoms with E-state index in [1.165, 1.54) is 0 Å². The summed E-state index contributed by atoms with van der Waals surface area (Å²) in [4.78, 5) is 34.6. The lowest BCUT2D eigenvalue weighted by atomic mass is 10.2. The van der Waals surface area contributed by atoms with Crippen LogP contribution >= 0.6 is 0 Å². The number of nitro groups is 2. The average Bonchev–Trinajstić information content (AvgIpc) is 2.97. The van der Waals surface area contributed by atoms with Gasteiger partial charge < -0.3 is 15.2 Å². The van der Waals surface area contributed by atoms with E-state index in [9.17, 15) is 30.1 Å². The Bertz CT molecular complexity index is 830. The summed E-state index contributed by atoms with van der Waals surface area (Å²) in [5, 5.41) is 37.6. The third-order valence-electron chi connectivity index (χ3n) is 2.61. The number of nitro benzene ring substituents is 1. The van der Waals surface area contributed by atoms with Crippen LogP contribution in [0.4, 0.5) is 11.6 Å². The molecule has 0 aliphatic carbocycles. The highest BCUT2D eigenvalue weighted by atomic mass is 16.6. The predicted molar refractivity (Wildman–Crippen MR) is 77.2 cm³/mol. The number of aromatic nitrogens is 3. The van der Waals surface area contributed by atoms with Gasteiger partial charge in [-0.05, 0) is 11.0 Å². The van der Waals surface area contributed by atoms with Crippen molar-refractivity contribution in [3.8, 4) is 5.75 Å². The minimum Gasteiger partial charge on any atom is -0.507 e. The van der Waals surface area contributed by atoms with Crippen molar-refractivity contribution in [3.63, 3.8) is 0 Å². The van der Waals surface area contributed by atoms with Gasteiger partial charge in [-0.15, -0.1) is 0 Å². The molecule has 24 heavy (non-hydrogen) atoms. The summed E-state index contributed by atoms with van der Waals surface area (Å²) in [6.07, 6.45) is 2.03. The van der Waals surface area contributed by atoms with Crippen molar-refractivity contribution in [1.29, 1.82) is 0 Å². The minimum atomic E-state index is -0.808. The van der Waals surface area contributed by atoms with Crippen LogP contribution in [-0.4, -0.2) is 41.8 Å². The zero-order valence-electron chi connectivity index (χ0n) is 11.8. The second kappa shape index (κ2) is 6.91. The summed E-state index contributed by atoms with van der Waals surface area (Å²) in [6.45, 7) is -0.376. The fraction of sp³-hybridized carbons (Fsp3) is 0.0909. The number of amides is 1. The highest BCUT2D eigenvalue weighted by molar-refractivity contribution is 5.85. The third kappa shape index (κ3) is 4.06. The number of phenolic OH excluding ortho intramolecular Hbond substituents is 1. The van der Waals surface area contributed by atoms with Crippen LogP contribution in [0.15, 0.2) is 29.6 Å². The highest BCUT2D eigenvalue weighted by Crippen LogP contribution is 2.21. The lowest BCUT2D eigenvalue weighted by Crippen LogP contribution is -2.23. The summed E-state index contributed by atoms with van der Waals surface area (Å²) in [5.74, 6) is -1.57.